The lowest BCUT2D eigenvalue weighted by Crippen LogP contribution is -2.24. The van der Waals surface area contributed by atoms with Crippen molar-refractivity contribution in [3.8, 4) is 5.75 Å². The molecule has 148 valence electrons. The summed E-state index contributed by atoms with van der Waals surface area (Å²) < 4.78 is 9.87. The number of carbonyl (C=O) groups excluding carboxylic acids is 2. The molecule has 0 aliphatic heterocycles. The van der Waals surface area contributed by atoms with Gasteiger partial charge in [-0.1, -0.05) is 24.3 Å². The van der Waals surface area contributed by atoms with Gasteiger partial charge in [-0.25, -0.2) is 14.8 Å². The number of ether oxygens (including phenoxy) is 2. The topological polar surface area (TPSA) is 102 Å². The quantitative estimate of drug-likeness (QED) is 0.596. The van der Waals surface area contributed by atoms with Crippen molar-refractivity contribution in [1.29, 1.82) is 0 Å². The Morgan fingerprint density at radius 1 is 0.966 bits per heavy atom. The minimum Gasteiger partial charge on any atom is -0.497 e. The number of methoxy groups -OCH3 is 2. The van der Waals surface area contributed by atoms with E-state index in [0.29, 0.717) is 23.6 Å². The third-order valence-corrected chi connectivity index (χ3v) is 4.09. The summed E-state index contributed by atoms with van der Waals surface area (Å²) in [6, 6.07) is 14.3. The maximum Gasteiger partial charge on any atom is 0.339 e. The highest BCUT2D eigenvalue weighted by Gasteiger charge is 2.12. The normalized spacial score (nSPS) is 10.1. The average molecular weight is 392 g/mol. The summed E-state index contributed by atoms with van der Waals surface area (Å²) in [5, 5.41) is 5.79. The van der Waals surface area contributed by atoms with E-state index in [-0.39, 0.29) is 11.6 Å². The monoisotopic (exact) mass is 392 g/mol. The van der Waals surface area contributed by atoms with E-state index in [9.17, 15) is 9.59 Å². The molecule has 0 fully saturated rings. The smallest absolute Gasteiger partial charge is 0.339 e. The van der Waals surface area contributed by atoms with Gasteiger partial charge in [0.15, 0.2) is 0 Å². The third-order valence-electron chi connectivity index (χ3n) is 4.09. The molecule has 3 aromatic rings. The Labute approximate surface area is 167 Å². The summed E-state index contributed by atoms with van der Waals surface area (Å²) >= 11 is 0. The van der Waals surface area contributed by atoms with Crippen LogP contribution in [0.1, 0.15) is 26.4 Å². The lowest BCUT2D eigenvalue weighted by molar-refractivity contribution is 0.0601. The number of hydrogen-bond donors (Lipinski definition) is 2. The number of nitrogens with one attached hydrogen (secondary N) is 2. The number of para-hydroxylation sites is 1. The highest BCUT2D eigenvalue weighted by molar-refractivity contribution is 5.96. The zero-order valence-corrected chi connectivity index (χ0v) is 16.0. The minimum absolute atomic E-state index is 0.185. The fourth-order valence-corrected chi connectivity index (χ4v) is 2.54. The molecule has 3 rings (SSSR count). The second kappa shape index (κ2) is 9.32. The summed E-state index contributed by atoms with van der Waals surface area (Å²) in [6.45, 7) is 0.358. The van der Waals surface area contributed by atoms with Crippen LogP contribution in [0.25, 0.3) is 0 Å². The summed E-state index contributed by atoms with van der Waals surface area (Å²) in [6.07, 6.45) is 2.79. The lowest BCUT2D eigenvalue weighted by Gasteiger charge is -2.10. The van der Waals surface area contributed by atoms with E-state index in [1.54, 1.807) is 31.4 Å². The van der Waals surface area contributed by atoms with E-state index in [2.05, 4.69) is 20.6 Å². The molecule has 8 heteroatoms. The number of aromatic nitrogens is 2. The third kappa shape index (κ3) is 5.07. The first-order valence-corrected chi connectivity index (χ1v) is 8.78. The average Bonchev–Trinajstić information content (AvgIpc) is 2.78. The van der Waals surface area contributed by atoms with Gasteiger partial charge in [-0.2, -0.15) is 0 Å². The fraction of sp³-hybridized carbons (Fsp3) is 0.143. The Kier molecular flexibility index (Phi) is 6.36. The molecule has 0 atom stereocenters. The van der Waals surface area contributed by atoms with Crippen LogP contribution in [-0.4, -0.2) is 36.1 Å². The molecule has 0 unspecified atom stereocenters. The Morgan fingerprint density at radius 2 is 1.72 bits per heavy atom. The molecule has 8 nitrogen and oxygen atoms in total. The number of rotatable bonds is 7. The molecule has 1 aromatic heterocycles. The second-order valence-corrected chi connectivity index (χ2v) is 5.98. The Hall–Kier alpha value is -3.94. The molecule has 0 bridgehead atoms. The van der Waals surface area contributed by atoms with E-state index >= 15 is 0 Å². The first kappa shape index (κ1) is 19.8. The molecule has 0 saturated heterocycles. The van der Waals surface area contributed by atoms with E-state index in [0.717, 1.165) is 11.3 Å². The van der Waals surface area contributed by atoms with Gasteiger partial charge in [0.25, 0.3) is 5.91 Å². The van der Waals surface area contributed by atoms with Crippen molar-refractivity contribution < 1.29 is 19.1 Å². The largest absolute Gasteiger partial charge is 0.497 e. The van der Waals surface area contributed by atoms with Crippen LogP contribution in [0.2, 0.25) is 0 Å². The molecule has 2 N–H and O–H groups in total. The van der Waals surface area contributed by atoms with Crippen molar-refractivity contribution in [2.75, 3.05) is 19.5 Å². The number of hydrogen-bond acceptors (Lipinski definition) is 7. The van der Waals surface area contributed by atoms with Gasteiger partial charge in [-0.3, -0.25) is 4.79 Å². The van der Waals surface area contributed by atoms with Crippen LogP contribution < -0.4 is 15.4 Å². The molecule has 0 spiro atoms. The first-order valence-electron chi connectivity index (χ1n) is 8.78. The maximum atomic E-state index is 12.3. The van der Waals surface area contributed by atoms with Crippen LogP contribution in [-0.2, 0) is 11.3 Å². The number of benzene rings is 2. The van der Waals surface area contributed by atoms with Gasteiger partial charge in [0.05, 0.1) is 37.9 Å². The predicted molar refractivity (Wildman–Crippen MR) is 107 cm³/mol. The maximum absolute atomic E-state index is 12.3. The van der Waals surface area contributed by atoms with Crippen molar-refractivity contribution in [2.24, 2.45) is 0 Å². The summed E-state index contributed by atoms with van der Waals surface area (Å²) in [5.41, 5.74) is 2.03. The van der Waals surface area contributed by atoms with Crippen LogP contribution in [0.3, 0.4) is 0 Å². The molecule has 0 aliphatic carbocycles. The number of esters is 1. The number of anilines is 2. The van der Waals surface area contributed by atoms with Gasteiger partial charge < -0.3 is 20.1 Å². The van der Waals surface area contributed by atoms with Crippen molar-refractivity contribution in [3.05, 3.63) is 77.7 Å². The molecule has 2 aromatic carbocycles. The highest BCUT2D eigenvalue weighted by atomic mass is 16.5. The number of amides is 1. The van der Waals surface area contributed by atoms with Gasteiger partial charge in [-0.15, -0.1) is 0 Å². The van der Waals surface area contributed by atoms with E-state index in [1.807, 2.05) is 24.3 Å². The predicted octanol–water partition coefficient (Wildman–Crippen LogP) is 2.95. The van der Waals surface area contributed by atoms with Crippen molar-refractivity contribution in [2.45, 2.75) is 6.54 Å². The van der Waals surface area contributed by atoms with Crippen LogP contribution >= 0.6 is 0 Å². The fourth-order valence-electron chi connectivity index (χ4n) is 2.54. The van der Waals surface area contributed by atoms with Gasteiger partial charge in [0, 0.05) is 6.54 Å². The van der Waals surface area contributed by atoms with Gasteiger partial charge in [-0.05, 0) is 29.8 Å². The van der Waals surface area contributed by atoms with Crippen molar-refractivity contribution in [3.63, 3.8) is 0 Å². The van der Waals surface area contributed by atoms with Crippen LogP contribution in [0.4, 0.5) is 11.5 Å². The molecular weight excluding hydrogens is 372 g/mol. The first-order chi connectivity index (χ1) is 14.1. The van der Waals surface area contributed by atoms with E-state index in [1.165, 1.54) is 19.5 Å². The lowest BCUT2D eigenvalue weighted by atomic mass is 10.2. The van der Waals surface area contributed by atoms with Crippen molar-refractivity contribution >= 4 is 23.4 Å². The SMILES string of the molecule is COC(=O)c1ccccc1Nc1cnc(C(=O)NCc2ccc(OC)cc2)cn1. The zero-order chi connectivity index (χ0) is 20.6. The van der Waals surface area contributed by atoms with Crippen LogP contribution in [0.5, 0.6) is 5.75 Å². The Morgan fingerprint density at radius 3 is 2.38 bits per heavy atom. The highest BCUT2D eigenvalue weighted by Crippen LogP contribution is 2.20. The Balaban J connectivity index is 1.62. The zero-order valence-electron chi connectivity index (χ0n) is 16.0. The summed E-state index contributed by atoms with van der Waals surface area (Å²) in [4.78, 5) is 32.4. The van der Waals surface area contributed by atoms with E-state index < -0.39 is 5.97 Å². The molecule has 0 radical (unpaired) electrons. The molecule has 1 heterocycles. The molecule has 0 aliphatic rings. The van der Waals surface area contributed by atoms with Crippen LogP contribution in [0.15, 0.2) is 60.9 Å². The summed E-state index contributed by atoms with van der Waals surface area (Å²) in [7, 11) is 2.92. The van der Waals surface area contributed by atoms with Crippen LogP contribution in [0, 0.1) is 0 Å². The summed E-state index contributed by atoms with van der Waals surface area (Å²) in [5.74, 6) is 0.348. The molecular formula is C21H20N4O4. The second-order valence-electron chi connectivity index (χ2n) is 5.98. The number of carbonyl (C=O) groups is 2. The molecule has 29 heavy (non-hydrogen) atoms. The van der Waals surface area contributed by atoms with Gasteiger partial charge in [0.2, 0.25) is 0 Å². The minimum atomic E-state index is -0.462. The van der Waals surface area contributed by atoms with Crippen molar-refractivity contribution in [1.82, 2.24) is 15.3 Å². The Bertz CT molecular complexity index is 988. The van der Waals surface area contributed by atoms with E-state index in [4.69, 9.17) is 9.47 Å². The molecule has 1 amide bonds. The van der Waals surface area contributed by atoms with Gasteiger partial charge in [0.1, 0.15) is 17.3 Å². The number of nitrogens with zero attached hydrogens (tertiary/aromatic N) is 2. The molecule has 0 saturated carbocycles. The standard InChI is InChI=1S/C21H20N4O4/c1-28-15-9-7-14(8-10-15)11-24-20(26)18-12-23-19(13-22-18)25-17-6-4-3-5-16(17)21(27)29-2/h3-10,12-13H,11H2,1-2H3,(H,23,25)(H,24,26). The van der Waals surface area contributed by atoms with Gasteiger partial charge >= 0.3 is 5.97 Å².